The quantitative estimate of drug-likeness (QED) is 0.00865. The number of para-hydroxylation sites is 3. The van der Waals surface area contributed by atoms with Crippen LogP contribution in [0.5, 0.6) is 40.2 Å². The van der Waals surface area contributed by atoms with Crippen LogP contribution in [-0.4, -0.2) is 281 Å². The molecule has 0 radical (unpaired) electrons. The molecule has 0 spiro atoms. The van der Waals surface area contributed by atoms with E-state index in [2.05, 4.69) is 141 Å². The number of benzene rings is 6. The second-order valence-electron chi connectivity index (χ2n) is 33.1. The highest BCUT2D eigenvalue weighted by molar-refractivity contribution is 6.01. The van der Waals surface area contributed by atoms with Gasteiger partial charge in [-0.25, -0.2) is 0 Å². The molecule has 2 unspecified atom stereocenters. The smallest absolute Gasteiger partial charge is 0.308 e. The van der Waals surface area contributed by atoms with Crippen molar-refractivity contribution < 1.29 is 105 Å². The third kappa shape index (κ3) is 36.8. The molecule has 0 saturated carbocycles. The third-order valence-electron chi connectivity index (χ3n) is 21.9. The Bertz CT molecular complexity index is 4720. The third-order valence-corrected chi connectivity index (χ3v) is 21.9. The molecule has 36 heteroatoms. The topological polar surface area (TPSA) is 428 Å². The van der Waals surface area contributed by atoms with Crippen LogP contribution >= 0.6 is 0 Å². The fourth-order valence-corrected chi connectivity index (χ4v) is 14.2. The van der Waals surface area contributed by atoms with E-state index in [4.69, 9.17) is 37.9 Å². The first-order chi connectivity index (χ1) is 62.9. The van der Waals surface area contributed by atoms with E-state index in [1.54, 1.807) is 0 Å². The van der Waals surface area contributed by atoms with Crippen LogP contribution in [-0.2, 0) is 57.5 Å². The van der Waals surface area contributed by atoms with Crippen LogP contribution in [0.2, 0.25) is 0 Å². The lowest BCUT2D eigenvalue weighted by Gasteiger charge is -2.36. The molecule has 6 aromatic carbocycles. The molecule has 1 heterocycles. The number of anilines is 2. The summed E-state index contributed by atoms with van der Waals surface area (Å²) in [7, 11) is 8.12. The lowest BCUT2D eigenvalue weighted by atomic mass is 9.84. The summed E-state index contributed by atoms with van der Waals surface area (Å²) in [5.41, 5.74) is 4.52. The monoisotopic (exact) mass is 1830 g/mol. The summed E-state index contributed by atoms with van der Waals surface area (Å²) in [6.45, 7) is 17.0. The zero-order valence-electron chi connectivity index (χ0n) is 78.4. The van der Waals surface area contributed by atoms with Gasteiger partial charge in [0.15, 0.2) is 34.5 Å². The number of hydrogen-bond acceptors (Lipinski definition) is 28. The lowest BCUT2D eigenvalue weighted by molar-refractivity contribution is -0.134. The molecule has 1 fully saturated rings. The molecule has 132 heavy (non-hydrogen) atoms. The van der Waals surface area contributed by atoms with Gasteiger partial charge in [0, 0.05) is 198 Å². The van der Waals surface area contributed by atoms with Crippen LogP contribution in [0.15, 0.2) is 127 Å². The van der Waals surface area contributed by atoms with Crippen LogP contribution in [0.25, 0.3) is 0 Å². The molecule has 7 rings (SSSR count). The zero-order chi connectivity index (χ0) is 96.5. The fourth-order valence-electron chi connectivity index (χ4n) is 14.2. The van der Waals surface area contributed by atoms with Gasteiger partial charge in [0.25, 0.3) is 17.7 Å². The number of carbonyl (C=O) groups is 14. The number of hydrogen-bond donors (Lipinski definition) is 8. The molecule has 8 N–H and O–H groups in total. The Balaban J connectivity index is 0.985. The summed E-state index contributed by atoms with van der Waals surface area (Å²) < 4.78 is 44.3. The van der Waals surface area contributed by atoms with Crippen LogP contribution in [0.1, 0.15) is 168 Å². The maximum atomic E-state index is 14.3. The highest BCUT2D eigenvalue weighted by atomic mass is 16.6. The second kappa shape index (κ2) is 54.0. The summed E-state index contributed by atoms with van der Waals surface area (Å²) >= 11 is 0. The van der Waals surface area contributed by atoms with E-state index in [0.717, 1.165) is 70.7 Å². The number of amides is 8. The van der Waals surface area contributed by atoms with Crippen molar-refractivity contribution in [3.63, 3.8) is 0 Å². The van der Waals surface area contributed by atoms with Crippen LogP contribution in [0.3, 0.4) is 0 Å². The molecule has 0 bridgehead atoms. The summed E-state index contributed by atoms with van der Waals surface area (Å²) in [6.07, 6.45) is 4.22. The number of ether oxygens (including phenoxy) is 8. The minimum absolute atomic E-state index is 0.00671. The number of esters is 6. The van der Waals surface area contributed by atoms with Gasteiger partial charge in [-0.15, -0.1) is 0 Å². The standard InChI is InChI=1S/C96H130N14O22/c1-15-95(9,64-126-96(10,16-2)41-21-43-97-83(117)28-20-59-125-76-39-33-73(34-40-76)88(71-29-35-74(36-30-71)105(11)12)72-31-37-75(38-32-72)106(13)14)42-44-98-84(118)60-107-51-53-108(61-85(119)99-45-48-102-92(122)77-22-17-25-80(127-65(3)111)89(77)130-68(6)114)55-57-110(63-87(121)101-47-50-104-94(124)79-24-19-27-82(129-67(5)113)91(79)132-70(8)116)58-56-109(54-52-107)62-86(120)100-46-49-103-93(123)78-23-18-26-81(128-66(4)112)90(78)131-69(7)115/h17-19,22-27,29-40,88H,15-16,20-21,28,41-64H2,1-14H3,(H,97,117)(H,98,118)(H,99,119)(H,100,120)(H,101,121)(H,102,122)(H,103,123)(H,104,124). The van der Waals surface area contributed by atoms with Crippen molar-refractivity contribution in [2.45, 2.75) is 126 Å². The van der Waals surface area contributed by atoms with Crippen molar-refractivity contribution in [1.82, 2.24) is 62.1 Å². The Kier molecular flexibility index (Phi) is 43.5. The van der Waals surface area contributed by atoms with Gasteiger partial charge in [0.05, 0.1) is 61.7 Å². The molecule has 0 aromatic heterocycles. The molecule has 1 aliphatic rings. The van der Waals surface area contributed by atoms with Crippen molar-refractivity contribution >= 4 is 94.4 Å². The van der Waals surface area contributed by atoms with Crippen molar-refractivity contribution in [3.8, 4) is 40.2 Å². The van der Waals surface area contributed by atoms with Crippen LogP contribution in [0, 0.1) is 5.41 Å². The van der Waals surface area contributed by atoms with Gasteiger partial charge in [0.2, 0.25) is 29.5 Å². The van der Waals surface area contributed by atoms with E-state index in [1.165, 1.54) is 65.7 Å². The molecule has 0 aliphatic carbocycles. The van der Waals surface area contributed by atoms with Crippen molar-refractivity contribution in [1.29, 1.82) is 0 Å². The molecule has 2 atom stereocenters. The lowest BCUT2D eigenvalue weighted by Crippen LogP contribution is -2.52. The maximum Gasteiger partial charge on any atom is 0.308 e. The van der Waals surface area contributed by atoms with Crippen molar-refractivity contribution in [3.05, 3.63) is 161 Å². The highest BCUT2D eigenvalue weighted by Gasteiger charge is 2.32. The van der Waals surface area contributed by atoms with E-state index in [-0.39, 0.29) is 192 Å². The van der Waals surface area contributed by atoms with Gasteiger partial charge in [-0.1, -0.05) is 75.4 Å². The molecule has 36 nitrogen and oxygen atoms in total. The molecule has 1 aliphatic heterocycles. The van der Waals surface area contributed by atoms with Gasteiger partial charge in [-0.3, -0.25) is 86.7 Å². The Morgan fingerprint density at radius 3 is 0.977 bits per heavy atom. The fraction of sp³-hybridized carbons (Fsp3) is 0.479. The van der Waals surface area contributed by atoms with Gasteiger partial charge in [-0.05, 0) is 140 Å². The molecule has 716 valence electrons. The Morgan fingerprint density at radius 1 is 0.356 bits per heavy atom. The van der Waals surface area contributed by atoms with E-state index >= 15 is 0 Å². The average molecular weight is 1830 g/mol. The minimum Gasteiger partial charge on any atom is -0.494 e. The Hall–Kier alpha value is -12.9. The Morgan fingerprint density at radius 2 is 0.667 bits per heavy atom. The second-order valence-corrected chi connectivity index (χ2v) is 33.1. The summed E-state index contributed by atoms with van der Waals surface area (Å²) in [5, 5.41) is 22.7. The number of nitrogens with zero attached hydrogens (tertiary/aromatic N) is 6. The SMILES string of the molecule is CCC(C)(CCNC(=O)CN1CCN(CC(=O)NCCNC(=O)c2cccc(OC(C)=O)c2OC(C)=O)CCN(CC(=O)NCCNC(=O)c2cccc(OC(C)=O)c2OC(C)=O)CCN(CC(=O)NCCNC(=O)c2cccc(OC(C)=O)c2OC(C)=O)CC1)COC(C)(CC)CCCNC(=O)CCCOc1ccc(C(c2ccc(N(C)C)cc2)c2ccc(N(C)C)cc2)cc1. The summed E-state index contributed by atoms with van der Waals surface area (Å²) in [5.74, 6) is -8.89. The van der Waals surface area contributed by atoms with Gasteiger partial charge in [0.1, 0.15) is 5.75 Å². The molecule has 6 aromatic rings. The van der Waals surface area contributed by atoms with Crippen LogP contribution in [0.4, 0.5) is 11.4 Å². The first kappa shape index (κ1) is 106. The number of rotatable bonds is 48. The van der Waals surface area contributed by atoms with Crippen molar-refractivity contribution in [2.24, 2.45) is 5.41 Å². The van der Waals surface area contributed by atoms with E-state index in [9.17, 15) is 67.1 Å². The summed E-state index contributed by atoms with van der Waals surface area (Å²) in [4.78, 5) is 194. The highest BCUT2D eigenvalue weighted by Crippen LogP contribution is 2.38. The number of carbonyl (C=O) groups excluding carboxylic acids is 14. The minimum atomic E-state index is -0.780. The first-order valence-corrected chi connectivity index (χ1v) is 44.4. The van der Waals surface area contributed by atoms with E-state index < -0.39 is 76.9 Å². The van der Waals surface area contributed by atoms with Crippen molar-refractivity contribution in [2.75, 3.05) is 182 Å². The predicted molar refractivity (Wildman–Crippen MR) is 496 cm³/mol. The van der Waals surface area contributed by atoms with Gasteiger partial charge in [-0.2, -0.15) is 0 Å². The van der Waals surface area contributed by atoms with E-state index in [1.807, 2.05) is 59.9 Å². The molecule has 8 amide bonds. The van der Waals surface area contributed by atoms with Gasteiger partial charge >= 0.3 is 35.8 Å². The van der Waals surface area contributed by atoms with E-state index in [0.29, 0.717) is 64.8 Å². The Labute approximate surface area is 772 Å². The predicted octanol–water partition coefficient (Wildman–Crippen LogP) is 6.57. The summed E-state index contributed by atoms with van der Waals surface area (Å²) in [6, 6.07) is 37.9. The molecule has 1 saturated heterocycles. The largest absolute Gasteiger partial charge is 0.494 e. The van der Waals surface area contributed by atoms with Crippen LogP contribution < -0.4 is 85.5 Å². The average Bonchev–Trinajstić information content (AvgIpc) is 0.802. The maximum absolute atomic E-state index is 14.3. The number of nitrogens with one attached hydrogen (secondary N) is 8. The molecular formula is C96H130N14O22. The van der Waals surface area contributed by atoms with Gasteiger partial charge < -0.3 is 90.2 Å². The molecular weight excluding hydrogens is 1700 g/mol. The normalized spacial score (nSPS) is 13.7. The first-order valence-electron chi connectivity index (χ1n) is 44.4. The zero-order valence-corrected chi connectivity index (χ0v) is 78.4.